The molecule has 0 saturated carbocycles. The molecule has 1 atom stereocenters. The Hall–Kier alpha value is -2.42. The number of hydrogen-bond donors (Lipinski definition) is 1. The highest BCUT2D eigenvalue weighted by atomic mass is 32.2. The van der Waals surface area contributed by atoms with Gasteiger partial charge in [0.2, 0.25) is 5.88 Å². The van der Waals surface area contributed by atoms with E-state index in [-0.39, 0.29) is 5.88 Å². The van der Waals surface area contributed by atoms with Gasteiger partial charge in [-0.3, -0.25) is 9.00 Å². The lowest BCUT2D eigenvalue weighted by atomic mass is 10.1. The van der Waals surface area contributed by atoms with E-state index >= 15 is 0 Å². The van der Waals surface area contributed by atoms with Gasteiger partial charge >= 0.3 is 6.18 Å². The number of hydrogen-bond acceptors (Lipinski definition) is 4. The van der Waals surface area contributed by atoms with Crippen molar-refractivity contribution in [2.75, 3.05) is 18.2 Å². The first-order valence-electron chi connectivity index (χ1n) is 7.09. The van der Waals surface area contributed by atoms with Crippen LogP contribution in [0.3, 0.4) is 0 Å². The van der Waals surface area contributed by atoms with E-state index in [1.54, 1.807) is 30.5 Å². The van der Waals surface area contributed by atoms with Gasteiger partial charge in [-0.25, -0.2) is 4.98 Å². The Labute approximate surface area is 144 Å². The Balaban J connectivity index is 1.99. The third kappa shape index (κ3) is 6.54. The summed E-state index contributed by atoms with van der Waals surface area (Å²) in [5.41, 5.74) is 1.46. The van der Waals surface area contributed by atoms with E-state index in [0.29, 0.717) is 17.0 Å². The number of carbonyl (C=O) groups is 1. The van der Waals surface area contributed by atoms with Gasteiger partial charge in [0.05, 0.1) is 11.9 Å². The molecule has 1 N–H and O–H groups in total. The van der Waals surface area contributed by atoms with Gasteiger partial charge in [-0.2, -0.15) is 13.2 Å². The van der Waals surface area contributed by atoms with Gasteiger partial charge in [-0.15, -0.1) is 0 Å². The van der Waals surface area contributed by atoms with Crippen molar-refractivity contribution in [1.29, 1.82) is 0 Å². The van der Waals surface area contributed by atoms with Crippen molar-refractivity contribution in [1.82, 2.24) is 4.98 Å². The number of rotatable bonds is 6. The fourth-order valence-electron chi connectivity index (χ4n) is 1.94. The minimum Gasteiger partial charge on any atom is -0.468 e. The third-order valence-corrected chi connectivity index (χ3v) is 3.68. The summed E-state index contributed by atoms with van der Waals surface area (Å²) in [6.07, 6.45) is -1.67. The van der Waals surface area contributed by atoms with Gasteiger partial charge in [-0.1, -0.05) is 12.1 Å². The van der Waals surface area contributed by atoms with Crippen LogP contribution in [0.2, 0.25) is 0 Å². The van der Waals surface area contributed by atoms with E-state index in [9.17, 15) is 22.2 Å². The number of pyridine rings is 1. The topological polar surface area (TPSA) is 68.3 Å². The zero-order valence-corrected chi connectivity index (χ0v) is 14.0. The van der Waals surface area contributed by atoms with Gasteiger partial charge in [0.15, 0.2) is 6.61 Å². The SMILES string of the molecule is C[S@](=O)Cc1cccc(C(=O)Nc2ccc(OCC(F)(F)F)nc2)c1. The van der Waals surface area contributed by atoms with E-state index < -0.39 is 29.5 Å². The van der Waals surface area contributed by atoms with Crippen molar-refractivity contribution >= 4 is 22.4 Å². The number of benzene rings is 1. The molecule has 1 heterocycles. The van der Waals surface area contributed by atoms with E-state index in [0.717, 1.165) is 5.56 Å². The van der Waals surface area contributed by atoms with E-state index in [4.69, 9.17) is 0 Å². The molecule has 1 amide bonds. The van der Waals surface area contributed by atoms with Crippen LogP contribution in [-0.4, -0.2) is 34.1 Å². The van der Waals surface area contributed by atoms with E-state index in [2.05, 4.69) is 15.0 Å². The van der Waals surface area contributed by atoms with Crippen LogP contribution in [0.1, 0.15) is 15.9 Å². The van der Waals surface area contributed by atoms with Crippen molar-refractivity contribution in [2.24, 2.45) is 0 Å². The maximum Gasteiger partial charge on any atom is 0.422 e. The zero-order chi connectivity index (χ0) is 18.4. The fraction of sp³-hybridized carbons (Fsp3) is 0.250. The minimum absolute atomic E-state index is 0.192. The molecular weight excluding hydrogens is 357 g/mol. The summed E-state index contributed by atoms with van der Waals surface area (Å²) in [6, 6.07) is 9.31. The number of alkyl halides is 3. The summed E-state index contributed by atoms with van der Waals surface area (Å²) in [6.45, 7) is -1.43. The Morgan fingerprint density at radius 3 is 2.64 bits per heavy atom. The first-order valence-corrected chi connectivity index (χ1v) is 8.81. The second-order valence-corrected chi connectivity index (χ2v) is 6.60. The van der Waals surface area contributed by atoms with Crippen LogP contribution in [-0.2, 0) is 16.6 Å². The van der Waals surface area contributed by atoms with Crippen LogP contribution in [0.25, 0.3) is 0 Å². The number of ether oxygens (including phenoxy) is 1. The Kier molecular flexibility index (Phi) is 6.13. The third-order valence-electron chi connectivity index (χ3n) is 2.94. The molecule has 0 bridgehead atoms. The molecule has 1 aromatic carbocycles. The van der Waals surface area contributed by atoms with Gasteiger partial charge < -0.3 is 10.1 Å². The largest absolute Gasteiger partial charge is 0.468 e. The molecule has 0 unspecified atom stereocenters. The molecule has 0 saturated heterocycles. The molecule has 134 valence electrons. The molecule has 2 rings (SSSR count). The maximum atomic E-state index is 12.2. The van der Waals surface area contributed by atoms with E-state index in [1.165, 1.54) is 18.3 Å². The summed E-state index contributed by atoms with van der Waals surface area (Å²) in [4.78, 5) is 15.9. The average Bonchev–Trinajstić information content (AvgIpc) is 2.53. The van der Waals surface area contributed by atoms with Crippen molar-refractivity contribution in [3.05, 3.63) is 53.7 Å². The van der Waals surface area contributed by atoms with Crippen LogP contribution in [0.5, 0.6) is 5.88 Å². The molecule has 0 aliphatic carbocycles. The number of nitrogens with one attached hydrogen (secondary N) is 1. The highest BCUT2D eigenvalue weighted by molar-refractivity contribution is 7.83. The Bertz CT molecular complexity index is 764. The molecule has 0 radical (unpaired) electrons. The number of aromatic nitrogens is 1. The number of halogens is 3. The predicted octanol–water partition coefficient (Wildman–Crippen LogP) is 3.15. The summed E-state index contributed by atoms with van der Waals surface area (Å²) in [5.74, 6) is -0.259. The maximum absolute atomic E-state index is 12.2. The lowest BCUT2D eigenvalue weighted by Gasteiger charge is -2.09. The zero-order valence-electron chi connectivity index (χ0n) is 13.2. The molecule has 0 spiro atoms. The van der Waals surface area contributed by atoms with Gasteiger partial charge in [0, 0.05) is 34.4 Å². The van der Waals surface area contributed by atoms with Crippen molar-refractivity contribution in [2.45, 2.75) is 11.9 Å². The average molecular weight is 372 g/mol. The predicted molar refractivity (Wildman–Crippen MR) is 88.0 cm³/mol. The van der Waals surface area contributed by atoms with Crippen molar-refractivity contribution < 1.29 is 26.9 Å². The Morgan fingerprint density at radius 1 is 1.28 bits per heavy atom. The summed E-state index contributed by atoms with van der Waals surface area (Å²) in [7, 11) is -1.02. The molecule has 0 fully saturated rings. The second-order valence-electron chi connectivity index (χ2n) is 5.16. The highest BCUT2D eigenvalue weighted by Gasteiger charge is 2.28. The number of nitrogens with zero attached hydrogens (tertiary/aromatic N) is 1. The van der Waals surface area contributed by atoms with Crippen LogP contribution >= 0.6 is 0 Å². The lowest BCUT2D eigenvalue weighted by Crippen LogP contribution is -2.19. The minimum atomic E-state index is -4.44. The summed E-state index contributed by atoms with van der Waals surface area (Å²) < 4.78 is 51.9. The number of anilines is 1. The van der Waals surface area contributed by atoms with Crippen molar-refractivity contribution in [3.63, 3.8) is 0 Å². The quantitative estimate of drug-likeness (QED) is 0.846. The Morgan fingerprint density at radius 2 is 2.04 bits per heavy atom. The standard InChI is InChI=1S/C16H15F3N2O3S/c1-25(23)9-11-3-2-4-12(7-11)15(22)21-13-5-6-14(20-8-13)24-10-16(17,18)19/h2-8H,9-10H2,1H3,(H,21,22)/t25-/m0/s1. The molecule has 9 heteroatoms. The number of carbonyl (C=O) groups excluding carboxylic acids is 1. The second kappa shape index (κ2) is 8.11. The van der Waals surface area contributed by atoms with Gasteiger partial charge in [-0.05, 0) is 23.8 Å². The fourth-order valence-corrected chi connectivity index (χ4v) is 2.58. The first-order chi connectivity index (χ1) is 11.7. The molecule has 0 aliphatic heterocycles. The monoisotopic (exact) mass is 372 g/mol. The normalized spacial score (nSPS) is 12.5. The molecule has 1 aromatic heterocycles. The van der Waals surface area contributed by atoms with Crippen LogP contribution < -0.4 is 10.1 Å². The summed E-state index contributed by atoms with van der Waals surface area (Å²) in [5, 5.41) is 2.58. The van der Waals surface area contributed by atoms with Gasteiger partial charge in [0.1, 0.15) is 0 Å². The molecule has 5 nitrogen and oxygen atoms in total. The van der Waals surface area contributed by atoms with Crippen LogP contribution in [0.15, 0.2) is 42.6 Å². The molecular formula is C16H15F3N2O3S. The molecule has 2 aromatic rings. The van der Waals surface area contributed by atoms with Gasteiger partial charge in [0.25, 0.3) is 5.91 Å². The molecule has 0 aliphatic rings. The summed E-state index contributed by atoms with van der Waals surface area (Å²) >= 11 is 0. The van der Waals surface area contributed by atoms with Crippen LogP contribution in [0, 0.1) is 0 Å². The smallest absolute Gasteiger partial charge is 0.422 e. The lowest BCUT2D eigenvalue weighted by molar-refractivity contribution is -0.154. The number of amides is 1. The van der Waals surface area contributed by atoms with E-state index in [1.807, 2.05) is 0 Å². The first kappa shape index (κ1) is 18.9. The highest BCUT2D eigenvalue weighted by Crippen LogP contribution is 2.18. The van der Waals surface area contributed by atoms with Crippen LogP contribution in [0.4, 0.5) is 18.9 Å². The molecule has 25 heavy (non-hydrogen) atoms. The van der Waals surface area contributed by atoms with Crippen molar-refractivity contribution in [3.8, 4) is 5.88 Å².